The van der Waals surface area contributed by atoms with Crippen LogP contribution in [0.15, 0.2) is 0 Å². The molecule has 2 heteroatoms. The van der Waals surface area contributed by atoms with Gasteiger partial charge in [0.1, 0.15) is 0 Å². The van der Waals surface area contributed by atoms with Crippen LogP contribution in [0.4, 0.5) is 0 Å². The molecule has 1 N–H and O–H groups in total. The zero-order chi connectivity index (χ0) is 11.3. The Morgan fingerprint density at radius 3 is 2.40 bits per heavy atom. The van der Waals surface area contributed by atoms with Crippen LogP contribution in [0.3, 0.4) is 0 Å². The van der Waals surface area contributed by atoms with Gasteiger partial charge in [-0.05, 0) is 44.7 Å². The number of nitrogens with one attached hydrogen (secondary N) is 1. The summed E-state index contributed by atoms with van der Waals surface area (Å²) in [7, 11) is 0. The van der Waals surface area contributed by atoms with Crippen molar-refractivity contribution in [3.05, 3.63) is 0 Å². The van der Waals surface area contributed by atoms with Gasteiger partial charge in [-0.15, -0.1) is 0 Å². The van der Waals surface area contributed by atoms with Crippen molar-refractivity contribution < 1.29 is 0 Å². The monoisotopic (exact) mass is 212 g/mol. The minimum absolute atomic E-state index is 0.631. The van der Waals surface area contributed by atoms with Crippen molar-refractivity contribution in [1.29, 1.82) is 0 Å². The van der Waals surface area contributed by atoms with Gasteiger partial charge in [-0.1, -0.05) is 20.8 Å². The molecule has 0 aromatic heterocycles. The fourth-order valence-corrected chi connectivity index (χ4v) is 2.81. The predicted octanol–water partition coefficient (Wildman–Crippen LogP) is 2.50. The number of likely N-dealkylation sites (N-methyl/N-ethyl adjacent to an activating group) is 1. The van der Waals surface area contributed by atoms with E-state index in [9.17, 15) is 0 Å². The number of hydrogen-bond donors (Lipinski definition) is 1. The first-order chi connectivity index (χ1) is 7.15. The Balaban J connectivity index is 2.35. The van der Waals surface area contributed by atoms with Crippen LogP contribution in [0.2, 0.25) is 0 Å². The third-order valence-corrected chi connectivity index (χ3v) is 4.10. The van der Waals surface area contributed by atoms with E-state index >= 15 is 0 Å². The molecule has 0 amide bonds. The molecule has 0 aromatic rings. The molecular weight excluding hydrogens is 184 g/mol. The normalized spacial score (nSPS) is 23.2. The first-order valence-corrected chi connectivity index (χ1v) is 6.61. The van der Waals surface area contributed by atoms with Gasteiger partial charge in [0.2, 0.25) is 0 Å². The molecule has 1 atom stereocenters. The van der Waals surface area contributed by atoms with Gasteiger partial charge in [0, 0.05) is 19.1 Å². The van der Waals surface area contributed by atoms with Gasteiger partial charge in [0.15, 0.2) is 0 Å². The molecule has 1 unspecified atom stereocenters. The Morgan fingerprint density at radius 2 is 1.93 bits per heavy atom. The molecule has 0 saturated carbocycles. The van der Waals surface area contributed by atoms with E-state index in [1.54, 1.807) is 0 Å². The third-order valence-electron chi connectivity index (χ3n) is 4.10. The van der Waals surface area contributed by atoms with Gasteiger partial charge in [-0.25, -0.2) is 0 Å². The van der Waals surface area contributed by atoms with Gasteiger partial charge in [-0.3, -0.25) is 0 Å². The molecule has 2 nitrogen and oxygen atoms in total. The predicted molar refractivity (Wildman–Crippen MR) is 67.2 cm³/mol. The lowest BCUT2D eigenvalue weighted by molar-refractivity contribution is 0.228. The lowest BCUT2D eigenvalue weighted by Crippen LogP contribution is -2.39. The van der Waals surface area contributed by atoms with Crippen molar-refractivity contribution >= 4 is 0 Å². The first kappa shape index (κ1) is 13.0. The molecule has 90 valence electrons. The number of hydrogen-bond acceptors (Lipinski definition) is 2. The molecule has 1 saturated heterocycles. The topological polar surface area (TPSA) is 15.3 Å². The van der Waals surface area contributed by atoms with E-state index in [1.165, 1.54) is 38.9 Å². The van der Waals surface area contributed by atoms with Crippen LogP contribution in [0.25, 0.3) is 0 Å². The van der Waals surface area contributed by atoms with E-state index in [0.717, 1.165) is 6.54 Å². The van der Waals surface area contributed by atoms with E-state index in [1.807, 2.05) is 0 Å². The van der Waals surface area contributed by atoms with Crippen LogP contribution >= 0.6 is 0 Å². The van der Waals surface area contributed by atoms with Crippen molar-refractivity contribution in [2.45, 2.75) is 53.0 Å². The van der Waals surface area contributed by atoms with Gasteiger partial charge in [-0.2, -0.15) is 0 Å². The molecule has 0 radical (unpaired) electrons. The summed E-state index contributed by atoms with van der Waals surface area (Å²) >= 11 is 0. The zero-order valence-corrected chi connectivity index (χ0v) is 11.0. The molecule has 1 aliphatic rings. The van der Waals surface area contributed by atoms with Gasteiger partial charge in [0.05, 0.1) is 0 Å². The highest BCUT2D eigenvalue weighted by molar-refractivity contribution is 4.88. The highest BCUT2D eigenvalue weighted by atomic mass is 15.2. The van der Waals surface area contributed by atoms with Crippen LogP contribution < -0.4 is 5.32 Å². The van der Waals surface area contributed by atoms with Gasteiger partial charge in [0.25, 0.3) is 0 Å². The summed E-state index contributed by atoms with van der Waals surface area (Å²) in [5, 5.41) is 3.49. The van der Waals surface area contributed by atoms with E-state index in [-0.39, 0.29) is 0 Å². The van der Waals surface area contributed by atoms with Crippen molar-refractivity contribution in [2.75, 3.05) is 26.2 Å². The minimum Gasteiger partial charge on any atom is -0.313 e. The average Bonchev–Trinajstić information content (AvgIpc) is 2.63. The molecule has 1 fully saturated rings. The molecule has 0 aromatic carbocycles. The summed E-state index contributed by atoms with van der Waals surface area (Å²) in [4.78, 5) is 2.64. The Kier molecular flexibility index (Phi) is 5.07. The highest BCUT2D eigenvalue weighted by Crippen LogP contribution is 2.36. The van der Waals surface area contributed by atoms with Crippen LogP contribution in [0.5, 0.6) is 0 Å². The van der Waals surface area contributed by atoms with E-state index < -0.39 is 0 Å². The lowest BCUT2D eigenvalue weighted by Gasteiger charge is -2.27. The van der Waals surface area contributed by atoms with Crippen LogP contribution in [0, 0.1) is 5.41 Å². The Bertz CT molecular complexity index is 175. The van der Waals surface area contributed by atoms with Crippen molar-refractivity contribution in [1.82, 2.24) is 10.2 Å². The maximum absolute atomic E-state index is 3.49. The molecular formula is C13H28N2. The zero-order valence-electron chi connectivity index (χ0n) is 11.0. The standard InChI is InChI=1S/C13H28N2/c1-5-13(6-2)8-9-15(11-13)10-12(4)14-7-3/h12,14H,5-11H2,1-4H3. The van der Waals surface area contributed by atoms with Gasteiger partial charge < -0.3 is 10.2 Å². The maximum atomic E-state index is 3.49. The SMILES string of the molecule is CCNC(C)CN1CCC(CC)(CC)C1. The second-order valence-corrected chi connectivity index (χ2v) is 5.15. The number of likely N-dealkylation sites (tertiary alicyclic amines) is 1. The molecule has 15 heavy (non-hydrogen) atoms. The smallest absolute Gasteiger partial charge is 0.0166 e. The third kappa shape index (κ3) is 3.46. The van der Waals surface area contributed by atoms with Gasteiger partial charge >= 0.3 is 0 Å². The molecule has 1 rings (SSSR count). The van der Waals surface area contributed by atoms with E-state index in [0.29, 0.717) is 11.5 Å². The number of nitrogens with zero attached hydrogens (tertiary/aromatic N) is 1. The lowest BCUT2D eigenvalue weighted by atomic mass is 9.82. The summed E-state index contributed by atoms with van der Waals surface area (Å²) in [5.41, 5.74) is 0.631. The molecule has 1 aliphatic heterocycles. The largest absolute Gasteiger partial charge is 0.313 e. The average molecular weight is 212 g/mol. The minimum atomic E-state index is 0.631. The Hall–Kier alpha value is -0.0800. The summed E-state index contributed by atoms with van der Waals surface area (Å²) in [5.74, 6) is 0. The summed E-state index contributed by atoms with van der Waals surface area (Å²) < 4.78 is 0. The van der Waals surface area contributed by atoms with Crippen molar-refractivity contribution in [2.24, 2.45) is 5.41 Å². The Morgan fingerprint density at radius 1 is 1.27 bits per heavy atom. The highest BCUT2D eigenvalue weighted by Gasteiger charge is 2.34. The summed E-state index contributed by atoms with van der Waals surface area (Å²) in [6, 6.07) is 0.638. The van der Waals surface area contributed by atoms with E-state index in [2.05, 4.69) is 37.9 Å². The number of rotatable bonds is 6. The second kappa shape index (κ2) is 5.86. The molecule has 0 spiro atoms. The molecule has 0 aliphatic carbocycles. The molecule has 0 bridgehead atoms. The fraction of sp³-hybridized carbons (Fsp3) is 1.00. The summed E-state index contributed by atoms with van der Waals surface area (Å²) in [6.07, 6.45) is 4.09. The van der Waals surface area contributed by atoms with Crippen molar-refractivity contribution in [3.63, 3.8) is 0 Å². The first-order valence-electron chi connectivity index (χ1n) is 6.61. The second-order valence-electron chi connectivity index (χ2n) is 5.15. The molecule has 1 heterocycles. The van der Waals surface area contributed by atoms with E-state index in [4.69, 9.17) is 0 Å². The van der Waals surface area contributed by atoms with Crippen molar-refractivity contribution in [3.8, 4) is 0 Å². The maximum Gasteiger partial charge on any atom is 0.0166 e. The Labute approximate surface area is 95.4 Å². The van der Waals surface area contributed by atoms with Crippen LogP contribution in [-0.4, -0.2) is 37.1 Å². The van der Waals surface area contributed by atoms with Crippen LogP contribution in [0.1, 0.15) is 47.0 Å². The fourth-order valence-electron chi connectivity index (χ4n) is 2.81. The van der Waals surface area contributed by atoms with Crippen LogP contribution in [-0.2, 0) is 0 Å². The quantitative estimate of drug-likeness (QED) is 0.728. The summed E-state index contributed by atoms with van der Waals surface area (Å²) in [6.45, 7) is 14.1.